The quantitative estimate of drug-likeness (QED) is 0.368. The van der Waals surface area contributed by atoms with Crippen molar-refractivity contribution in [1.82, 2.24) is 0 Å². The second-order valence-corrected chi connectivity index (χ2v) is 6.79. The standard InChI is InChI=1S/C20H32NO4/c1-4-25-19(22)12-5-6-13-21(14-7-8-15-21)16-17-10-9-11-18(23-2)20(17)24-3/h9-11H,4-8,12-16H2,1-3H3/q+1. The van der Waals surface area contributed by atoms with Crippen molar-refractivity contribution < 1.29 is 23.5 Å². The Hall–Kier alpha value is -1.75. The van der Waals surface area contributed by atoms with Crippen LogP contribution in [0.4, 0.5) is 0 Å². The van der Waals surface area contributed by atoms with Crippen molar-refractivity contribution in [1.29, 1.82) is 0 Å². The van der Waals surface area contributed by atoms with E-state index < -0.39 is 0 Å². The molecule has 1 aromatic rings. The molecule has 0 bridgehead atoms. The Labute approximate surface area is 151 Å². The molecule has 1 heterocycles. The highest BCUT2D eigenvalue weighted by molar-refractivity contribution is 5.69. The lowest BCUT2D eigenvalue weighted by Gasteiger charge is -2.35. The lowest BCUT2D eigenvalue weighted by molar-refractivity contribution is -0.930. The van der Waals surface area contributed by atoms with Crippen molar-refractivity contribution in [2.45, 2.75) is 45.6 Å². The van der Waals surface area contributed by atoms with Crippen LogP contribution in [0.3, 0.4) is 0 Å². The average Bonchev–Trinajstić information content (AvgIpc) is 3.07. The lowest BCUT2D eigenvalue weighted by atomic mass is 10.1. The summed E-state index contributed by atoms with van der Waals surface area (Å²) in [7, 11) is 3.38. The van der Waals surface area contributed by atoms with Crippen molar-refractivity contribution >= 4 is 5.97 Å². The zero-order valence-corrected chi connectivity index (χ0v) is 15.9. The van der Waals surface area contributed by atoms with Gasteiger partial charge in [0.05, 0.1) is 46.0 Å². The molecule has 1 aliphatic heterocycles. The van der Waals surface area contributed by atoms with Crippen LogP contribution in [0.15, 0.2) is 18.2 Å². The first-order valence-corrected chi connectivity index (χ1v) is 9.34. The van der Waals surface area contributed by atoms with Gasteiger partial charge in [-0.3, -0.25) is 4.79 Å². The number of carbonyl (C=O) groups excluding carboxylic acids is 1. The summed E-state index contributed by atoms with van der Waals surface area (Å²) in [5, 5.41) is 0. The molecule has 0 saturated carbocycles. The molecule has 2 rings (SSSR count). The van der Waals surface area contributed by atoms with Crippen LogP contribution < -0.4 is 9.47 Å². The fourth-order valence-corrected chi connectivity index (χ4v) is 3.86. The zero-order chi connectivity index (χ0) is 18.1. The van der Waals surface area contributed by atoms with Crippen molar-refractivity contribution in [3.63, 3.8) is 0 Å². The third kappa shape index (κ3) is 5.36. The molecular formula is C20H32NO4+. The molecule has 0 aliphatic carbocycles. The Kier molecular flexibility index (Phi) is 7.56. The van der Waals surface area contributed by atoms with Gasteiger partial charge in [-0.1, -0.05) is 6.07 Å². The van der Waals surface area contributed by atoms with Crippen LogP contribution in [0.5, 0.6) is 11.5 Å². The maximum atomic E-state index is 11.5. The molecule has 0 amide bonds. The number of likely N-dealkylation sites (tertiary alicyclic amines) is 1. The second kappa shape index (κ2) is 9.66. The lowest BCUT2D eigenvalue weighted by Crippen LogP contribution is -2.45. The number of ether oxygens (including phenoxy) is 3. The smallest absolute Gasteiger partial charge is 0.305 e. The number of unbranched alkanes of at least 4 members (excludes halogenated alkanes) is 1. The summed E-state index contributed by atoms with van der Waals surface area (Å²) >= 11 is 0. The van der Waals surface area contributed by atoms with E-state index in [1.807, 2.05) is 19.1 Å². The number of methoxy groups -OCH3 is 2. The number of hydrogen-bond donors (Lipinski definition) is 0. The van der Waals surface area contributed by atoms with E-state index >= 15 is 0 Å². The Bertz CT molecular complexity index is 553. The first-order chi connectivity index (χ1) is 12.1. The molecule has 0 spiro atoms. The summed E-state index contributed by atoms with van der Waals surface area (Å²) in [5.74, 6) is 1.56. The minimum absolute atomic E-state index is 0.0788. The molecule has 0 unspecified atom stereocenters. The van der Waals surface area contributed by atoms with Gasteiger partial charge in [0.25, 0.3) is 0 Å². The molecule has 0 aromatic heterocycles. The zero-order valence-electron chi connectivity index (χ0n) is 15.9. The van der Waals surface area contributed by atoms with Crippen molar-refractivity contribution in [3.05, 3.63) is 23.8 Å². The van der Waals surface area contributed by atoms with Crippen molar-refractivity contribution in [3.8, 4) is 11.5 Å². The summed E-state index contributed by atoms with van der Waals surface area (Å²) in [6, 6.07) is 6.11. The molecular weight excluding hydrogens is 318 g/mol. The summed E-state index contributed by atoms with van der Waals surface area (Å²) in [5.41, 5.74) is 1.20. The predicted molar refractivity (Wildman–Crippen MR) is 97.8 cm³/mol. The molecule has 1 aromatic carbocycles. The van der Waals surface area contributed by atoms with E-state index in [1.54, 1.807) is 14.2 Å². The maximum Gasteiger partial charge on any atom is 0.305 e. The van der Waals surface area contributed by atoms with Gasteiger partial charge >= 0.3 is 5.97 Å². The normalized spacial score (nSPS) is 15.8. The van der Waals surface area contributed by atoms with Crippen LogP contribution in [0.25, 0.3) is 0 Å². The van der Waals surface area contributed by atoms with Gasteiger partial charge in [0.1, 0.15) is 6.54 Å². The van der Waals surface area contributed by atoms with E-state index in [2.05, 4.69) is 6.07 Å². The fraction of sp³-hybridized carbons (Fsp3) is 0.650. The highest BCUT2D eigenvalue weighted by atomic mass is 16.5. The molecule has 0 atom stereocenters. The number of quaternary nitrogens is 1. The molecule has 1 aliphatic rings. The molecule has 25 heavy (non-hydrogen) atoms. The number of benzene rings is 1. The van der Waals surface area contributed by atoms with Crippen molar-refractivity contribution in [2.75, 3.05) is 40.5 Å². The van der Waals surface area contributed by atoms with E-state index in [-0.39, 0.29) is 5.97 Å². The maximum absolute atomic E-state index is 11.5. The Morgan fingerprint density at radius 1 is 1.12 bits per heavy atom. The Balaban J connectivity index is 1.99. The number of carbonyl (C=O) groups is 1. The van der Waals surface area contributed by atoms with E-state index in [0.717, 1.165) is 41.9 Å². The summed E-state index contributed by atoms with van der Waals surface area (Å²) in [6.07, 6.45) is 5.00. The molecule has 0 radical (unpaired) electrons. The minimum Gasteiger partial charge on any atom is -0.493 e. The van der Waals surface area contributed by atoms with E-state index in [4.69, 9.17) is 14.2 Å². The topological polar surface area (TPSA) is 44.8 Å². The van der Waals surface area contributed by atoms with Gasteiger partial charge in [-0.05, 0) is 31.9 Å². The second-order valence-electron chi connectivity index (χ2n) is 6.79. The monoisotopic (exact) mass is 350 g/mol. The highest BCUT2D eigenvalue weighted by Crippen LogP contribution is 2.34. The van der Waals surface area contributed by atoms with Crippen molar-refractivity contribution in [2.24, 2.45) is 0 Å². The van der Waals surface area contributed by atoms with E-state index in [1.165, 1.54) is 31.5 Å². The first-order valence-electron chi connectivity index (χ1n) is 9.34. The number of para-hydroxylation sites is 1. The van der Waals surface area contributed by atoms with Gasteiger partial charge < -0.3 is 18.7 Å². The van der Waals surface area contributed by atoms with Gasteiger partial charge in [-0.15, -0.1) is 0 Å². The predicted octanol–water partition coefficient (Wildman–Crippen LogP) is 3.55. The number of nitrogens with zero attached hydrogens (tertiary/aromatic N) is 1. The molecule has 140 valence electrons. The van der Waals surface area contributed by atoms with Crippen LogP contribution in [0, 0.1) is 0 Å². The third-order valence-corrected chi connectivity index (χ3v) is 5.07. The molecule has 1 fully saturated rings. The molecule has 5 heteroatoms. The van der Waals surface area contributed by atoms with Gasteiger partial charge in [-0.2, -0.15) is 0 Å². The summed E-state index contributed by atoms with van der Waals surface area (Å²) < 4.78 is 17.1. The van der Waals surface area contributed by atoms with E-state index in [9.17, 15) is 4.79 Å². The minimum atomic E-state index is -0.0788. The molecule has 0 N–H and O–H groups in total. The number of hydrogen-bond acceptors (Lipinski definition) is 4. The van der Waals surface area contributed by atoms with Crippen LogP contribution in [0.1, 0.15) is 44.6 Å². The Morgan fingerprint density at radius 3 is 2.52 bits per heavy atom. The fourth-order valence-electron chi connectivity index (χ4n) is 3.86. The summed E-state index contributed by atoms with van der Waals surface area (Å²) in [6.45, 7) is 6.76. The van der Waals surface area contributed by atoms with Crippen LogP contribution in [-0.2, 0) is 16.1 Å². The van der Waals surface area contributed by atoms with Crippen LogP contribution in [0.2, 0.25) is 0 Å². The molecule has 5 nitrogen and oxygen atoms in total. The van der Waals surface area contributed by atoms with Gasteiger partial charge in [0.15, 0.2) is 11.5 Å². The number of esters is 1. The summed E-state index contributed by atoms with van der Waals surface area (Å²) in [4.78, 5) is 11.5. The van der Waals surface area contributed by atoms with Crippen LogP contribution >= 0.6 is 0 Å². The first kappa shape index (κ1) is 19.6. The van der Waals surface area contributed by atoms with Gasteiger partial charge in [0.2, 0.25) is 0 Å². The average molecular weight is 350 g/mol. The molecule has 1 saturated heterocycles. The largest absolute Gasteiger partial charge is 0.493 e. The Morgan fingerprint density at radius 2 is 1.88 bits per heavy atom. The third-order valence-electron chi connectivity index (χ3n) is 5.07. The van der Waals surface area contributed by atoms with Crippen LogP contribution in [-0.4, -0.2) is 50.9 Å². The van der Waals surface area contributed by atoms with Gasteiger partial charge in [0, 0.05) is 19.3 Å². The SMILES string of the molecule is CCOC(=O)CCCC[N+]1(Cc2cccc(OC)c2OC)CCCC1. The number of rotatable bonds is 10. The van der Waals surface area contributed by atoms with Gasteiger partial charge in [-0.25, -0.2) is 0 Å². The van der Waals surface area contributed by atoms with E-state index in [0.29, 0.717) is 13.0 Å². The highest BCUT2D eigenvalue weighted by Gasteiger charge is 2.33.